The minimum Gasteiger partial charge on any atom is -0.358 e. The molecular formula is C54H82F14N6Nb6-6. The molecule has 6 aromatic heterocycles. The molecule has 0 saturated heterocycles. The van der Waals surface area contributed by atoms with Crippen LogP contribution >= 0.6 is 0 Å². The number of nitrogens with zero attached hydrogens (tertiary/aromatic N) is 6. The van der Waals surface area contributed by atoms with E-state index in [-0.39, 0.29) is 246 Å². The summed E-state index contributed by atoms with van der Waals surface area (Å²) < 4.78 is 170. The van der Waals surface area contributed by atoms with E-state index >= 15 is 0 Å². The molecule has 0 aliphatic carbocycles. The first-order chi connectivity index (χ1) is 29.2. The van der Waals surface area contributed by atoms with Crippen molar-refractivity contribution in [2.24, 2.45) is 0 Å². The van der Waals surface area contributed by atoms with Crippen LogP contribution in [0.5, 0.6) is 0 Å². The molecular weight excluding hydrogens is 1560 g/mol. The van der Waals surface area contributed by atoms with Crippen LogP contribution < -0.4 is 0 Å². The van der Waals surface area contributed by atoms with E-state index in [0.717, 1.165) is 55.6 Å². The molecule has 0 spiro atoms. The van der Waals surface area contributed by atoms with Crippen molar-refractivity contribution < 1.29 is 196 Å². The molecule has 6 rings (SSSR count). The van der Waals surface area contributed by atoms with Crippen LogP contribution in [0, 0.1) is 79.2 Å². The van der Waals surface area contributed by atoms with Crippen molar-refractivity contribution in [3.8, 4) is 0 Å². The Kier molecular flexibility index (Phi) is 115. The molecule has 0 bridgehead atoms. The van der Waals surface area contributed by atoms with E-state index in [9.17, 15) is 61.5 Å². The third-order valence-corrected chi connectivity index (χ3v) is 7.37. The molecule has 0 N–H and O–H groups in total. The summed E-state index contributed by atoms with van der Waals surface area (Å²) in [7, 11) is 0. The molecule has 0 atom stereocenters. The number of rotatable bonds is 7. The molecule has 0 saturated carbocycles. The maximum Gasteiger partial charge on any atom is 0.266 e. The molecule has 26 heteroatoms. The topological polar surface area (TPSA) is 77.3 Å². The zero-order chi connectivity index (χ0) is 46.9. The summed E-state index contributed by atoms with van der Waals surface area (Å²) in [5.41, 5.74) is -1.91. The molecule has 0 amide bonds. The molecule has 0 aromatic carbocycles. The van der Waals surface area contributed by atoms with Gasteiger partial charge in [-0.1, -0.05) is 62.8 Å². The van der Waals surface area contributed by atoms with Gasteiger partial charge in [0.05, 0.1) is 0 Å². The fourth-order valence-electron chi connectivity index (χ4n) is 4.55. The molecule has 0 unspecified atom stereocenters. The van der Waals surface area contributed by atoms with Gasteiger partial charge in [0, 0.05) is 245 Å². The Hall–Kier alpha value is -1.64. The van der Waals surface area contributed by atoms with Gasteiger partial charge in [0.1, 0.15) is 0 Å². The maximum atomic E-state index is 12.7. The molecule has 6 aromatic rings. The van der Waals surface area contributed by atoms with Crippen LogP contribution in [-0.2, 0) is 134 Å². The zero-order valence-corrected chi connectivity index (χ0v) is 55.3. The summed E-state index contributed by atoms with van der Waals surface area (Å²) in [6, 6.07) is 18.0. The van der Waals surface area contributed by atoms with E-state index in [1.54, 1.807) is 6.20 Å². The van der Waals surface area contributed by atoms with Crippen LogP contribution in [-0.4, -0.2) is 29.9 Å². The largest absolute Gasteiger partial charge is 0.358 e. The van der Waals surface area contributed by atoms with Gasteiger partial charge in [0.25, 0.3) is 45.0 Å². The molecule has 0 fully saturated rings. The second kappa shape index (κ2) is 71.6. The van der Waals surface area contributed by atoms with Crippen LogP contribution in [0.4, 0.5) is 61.5 Å². The normalized spacial score (nSPS) is 8.18. The SMILES string of the molecule is C.C.C.C.C.C.Cc1cccc(C)n1.Cc1ccccn1.Cc1nc(C)c(C(F)F)c(C(F)F)c1C(F)F.FC(F)c1cccnc1.FC(F)c1ccncc1.FC(F)c1cncc(C(F)F)c1.[CH3-].[CH3-].[CH3-].[CH3-].[CH3-].[CH3-].[Nb].[Nb].[Nb].[Nb].[Nb].[Nb]. The number of aryl methyl sites for hydroxylation is 5. The summed E-state index contributed by atoms with van der Waals surface area (Å²) in [6.07, 6.45) is -11.3. The van der Waals surface area contributed by atoms with Crippen LogP contribution in [0.2, 0.25) is 0 Å². The Balaban J connectivity index is -0.0000000351. The summed E-state index contributed by atoms with van der Waals surface area (Å²) >= 11 is 0. The number of hydrogen-bond acceptors (Lipinski definition) is 6. The number of pyridine rings is 6. The number of hydrogen-bond donors (Lipinski definition) is 0. The predicted molar refractivity (Wildman–Crippen MR) is 283 cm³/mol. The van der Waals surface area contributed by atoms with Gasteiger partial charge in [-0.25, -0.2) is 61.5 Å². The summed E-state index contributed by atoms with van der Waals surface area (Å²) in [5.74, 6) is 0. The first kappa shape index (κ1) is 129. The van der Waals surface area contributed by atoms with Crippen LogP contribution in [0.25, 0.3) is 0 Å². The van der Waals surface area contributed by atoms with Gasteiger partial charge in [0.2, 0.25) is 0 Å². The molecule has 0 aliphatic rings. The van der Waals surface area contributed by atoms with Crippen molar-refractivity contribution in [2.45, 2.75) is 124 Å². The average molecular weight is 1640 g/mol. The molecule has 6 heterocycles. The van der Waals surface area contributed by atoms with E-state index < -0.39 is 72.8 Å². The Morgan fingerprint density at radius 1 is 0.300 bits per heavy atom. The van der Waals surface area contributed by atoms with Crippen molar-refractivity contribution in [1.82, 2.24) is 29.9 Å². The van der Waals surface area contributed by atoms with Crippen LogP contribution in [0.15, 0.2) is 110 Å². The van der Waals surface area contributed by atoms with E-state index in [4.69, 9.17) is 0 Å². The zero-order valence-electron chi connectivity index (χ0n) is 42.1. The van der Waals surface area contributed by atoms with E-state index in [2.05, 4.69) is 29.9 Å². The summed E-state index contributed by atoms with van der Waals surface area (Å²) in [4.78, 5) is 22.0. The van der Waals surface area contributed by atoms with Gasteiger partial charge in [-0.2, -0.15) is 0 Å². The fourth-order valence-corrected chi connectivity index (χ4v) is 4.55. The first-order valence-electron chi connectivity index (χ1n) is 17.7. The van der Waals surface area contributed by atoms with Gasteiger partial charge in [-0.3, -0.25) is 29.9 Å². The van der Waals surface area contributed by atoms with Gasteiger partial charge in [-0.15, -0.1) is 0 Å². The second-order valence-corrected chi connectivity index (χ2v) is 12.1. The third-order valence-electron chi connectivity index (χ3n) is 7.37. The fraction of sp³-hybridized carbons (Fsp3) is 0.333. The summed E-state index contributed by atoms with van der Waals surface area (Å²) in [5, 5.41) is 0. The van der Waals surface area contributed by atoms with Crippen molar-refractivity contribution in [1.29, 1.82) is 0 Å². The molecule has 462 valence electrons. The van der Waals surface area contributed by atoms with Crippen molar-refractivity contribution in [3.05, 3.63) is 222 Å². The Bertz CT molecular complexity index is 2040. The van der Waals surface area contributed by atoms with Gasteiger partial charge >= 0.3 is 0 Å². The average Bonchev–Trinajstić information content (AvgIpc) is 3.22. The standard InChI is InChI=1S/C10H9F6N.C7H5F4N.C7H9N.2C6H5F2N.C6H7N.6CH4.6CH3.6Nb/c1-3-5(8(11)12)7(10(15)16)6(9(13)14)4(2)17-3;8-6(9)4-1-5(7(10)11)3-12-2-4;1-6-4-3-5-7(2)8-6;7-6(8)5-1-3-9-4-2-5;7-6(8)5-2-1-3-9-4-5;1-6-4-2-3-5-7-6;;;;;;;;;;;;;;;;;;/h8-10H,1-2H3;1-3,6-7H;3-5H,1-2H3;2*1-4,6H;2-5H,1H3;6*1H4;6*1H3;;;;;;/q;;;;;;;;;;;;6*-1;;;;;;. The predicted octanol–water partition coefficient (Wildman–Crippen LogP) is 21.1. The summed E-state index contributed by atoms with van der Waals surface area (Å²) in [6.45, 7) is 8.14. The number of alkyl halides is 14. The van der Waals surface area contributed by atoms with Gasteiger partial charge in [0.15, 0.2) is 0 Å². The first-order valence-corrected chi connectivity index (χ1v) is 17.7. The minimum absolute atomic E-state index is 0. The quantitative estimate of drug-likeness (QED) is 0.0900. The minimum atomic E-state index is -3.39. The van der Waals surface area contributed by atoms with E-state index in [0.29, 0.717) is 0 Å². The molecule has 0 aliphatic heterocycles. The van der Waals surface area contributed by atoms with Crippen molar-refractivity contribution >= 4 is 0 Å². The van der Waals surface area contributed by atoms with Crippen molar-refractivity contribution in [2.75, 3.05) is 0 Å². The van der Waals surface area contributed by atoms with Crippen LogP contribution in [0.1, 0.15) is 157 Å². The number of halogens is 14. The Morgan fingerprint density at radius 2 is 0.650 bits per heavy atom. The van der Waals surface area contributed by atoms with Gasteiger partial charge in [-0.05, 0) is 83.1 Å². The van der Waals surface area contributed by atoms with Crippen molar-refractivity contribution in [3.63, 3.8) is 0 Å². The smallest absolute Gasteiger partial charge is 0.266 e. The third kappa shape index (κ3) is 53.1. The van der Waals surface area contributed by atoms with E-state index in [1.807, 2.05) is 57.2 Å². The van der Waals surface area contributed by atoms with Crippen LogP contribution in [0.3, 0.4) is 0 Å². The molecule has 80 heavy (non-hydrogen) atoms. The van der Waals surface area contributed by atoms with E-state index in [1.165, 1.54) is 42.9 Å². The number of aromatic nitrogens is 6. The monoisotopic (exact) mass is 1640 g/mol. The Labute approximate surface area is 566 Å². The maximum absolute atomic E-state index is 12.7. The molecule has 6 nitrogen and oxygen atoms in total. The second-order valence-electron chi connectivity index (χ2n) is 12.1. The van der Waals surface area contributed by atoms with Gasteiger partial charge < -0.3 is 44.6 Å². The molecule has 6 radical (unpaired) electrons. The Morgan fingerprint density at radius 3 is 0.875 bits per heavy atom.